The van der Waals surface area contributed by atoms with Crippen LogP contribution in [-0.2, 0) is 16.0 Å². The maximum Gasteiger partial charge on any atom is 0.337 e. The number of methoxy groups -OCH3 is 2. The number of rotatable bonds is 5. The second-order valence-electron chi connectivity index (χ2n) is 3.86. The number of thiazole rings is 1. The quantitative estimate of drug-likeness (QED) is 0.606. The highest BCUT2D eigenvalue weighted by Crippen LogP contribution is 2.36. The number of benzene rings is 1. The van der Waals surface area contributed by atoms with Crippen LogP contribution in [-0.4, -0.2) is 33.9 Å². The van der Waals surface area contributed by atoms with E-state index < -0.39 is 17.2 Å². The van der Waals surface area contributed by atoms with Crippen LogP contribution in [0.1, 0.15) is 10.4 Å². The minimum absolute atomic E-state index is 0.245. The Morgan fingerprint density at radius 2 is 2.18 bits per heavy atom. The first-order valence-corrected chi connectivity index (χ1v) is 8.50. The van der Waals surface area contributed by atoms with Crippen molar-refractivity contribution in [3.63, 3.8) is 0 Å². The van der Waals surface area contributed by atoms with E-state index in [2.05, 4.69) is 25.7 Å². The van der Waals surface area contributed by atoms with Crippen molar-refractivity contribution >= 4 is 56.0 Å². The van der Waals surface area contributed by atoms with Crippen LogP contribution in [0.4, 0.5) is 11.5 Å². The molecule has 2 rings (SSSR count). The fourth-order valence-electron chi connectivity index (χ4n) is 1.72. The minimum atomic E-state index is -2.36. The fraction of sp³-hybridized carbons (Fsp3) is 0.167. The summed E-state index contributed by atoms with van der Waals surface area (Å²) >= 11 is 2.12. The average molecular weight is 407 g/mol. The number of halogens is 1. The second kappa shape index (κ2) is 7.18. The molecular weight excluding hydrogens is 396 g/mol. The summed E-state index contributed by atoms with van der Waals surface area (Å²) in [7, 11) is 2.67. The summed E-state index contributed by atoms with van der Waals surface area (Å²) in [5.41, 5.74) is 0.569. The topological polar surface area (TPSA) is 89.0 Å². The molecule has 0 bridgehead atoms. The Hall–Kier alpha value is -1.49. The minimum Gasteiger partial charge on any atom is -0.495 e. The Morgan fingerprint density at radius 3 is 2.68 bits per heavy atom. The van der Waals surface area contributed by atoms with E-state index in [4.69, 9.17) is 4.74 Å². The molecule has 1 heterocycles. The molecule has 0 radical (unpaired) electrons. The summed E-state index contributed by atoms with van der Waals surface area (Å²) in [5.74, 6) is -0.00540. The van der Waals surface area contributed by atoms with E-state index in [9.17, 15) is 13.6 Å². The van der Waals surface area contributed by atoms with Crippen molar-refractivity contribution < 1.29 is 23.0 Å². The van der Waals surface area contributed by atoms with Crippen molar-refractivity contribution in [3.8, 4) is 5.75 Å². The highest BCUT2D eigenvalue weighted by atomic mass is 79.9. The third-order valence-corrected chi connectivity index (χ3v) is 4.70. The largest absolute Gasteiger partial charge is 0.495 e. The van der Waals surface area contributed by atoms with Crippen molar-refractivity contribution in [2.75, 3.05) is 18.5 Å². The van der Waals surface area contributed by atoms with E-state index in [1.165, 1.54) is 43.8 Å². The van der Waals surface area contributed by atoms with Gasteiger partial charge < -0.3 is 9.47 Å². The van der Waals surface area contributed by atoms with E-state index in [0.717, 1.165) is 4.31 Å². The first-order chi connectivity index (χ1) is 10.5. The van der Waals surface area contributed by atoms with Crippen molar-refractivity contribution in [1.29, 1.82) is 0 Å². The Kier molecular flexibility index (Phi) is 5.51. The van der Waals surface area contributed by atoms with E-state index >= 15 is 0 Å². The van der Waals surface area contributed by atoms with Crippen molar-refractivity contribution in [2.45, 2.75) is 0 Å². The Balaban J connectivity index is 2.52. The number of hydrogen-bond acceptors (Lipinski definition) is 6. The van der Waals surface area contributed by atoms with Gasteiger partial charge in [0.15, 0.2) is 9.73 Å². The summed E-state index contributed by atoms with van der Waals surface area (Å²) < 4.78 is 32.8. The van der Waals surface area contributed by atoms with Gasteiger partial charge in [-0.1, -0.05) is 0 Å². The highest BCUT2D eigenvalue weighted by Gasteiger charge is 2.23. The average Bonchev–Trinajstić information content (AvgIpc) is 2.92. The molecule has 0 aliphatic heterocycles. The van der Waals surface area contributed by atoms with Crippen LogP contribution < -0.4 is 9.04 Å². The predicted octanol–water partition coefficient (Wildman–Crippen LogP) is 2.98. The maximum absolute atomic E-state index is 11.7. The molecule has 0 aliphatic carbocycles. The number of carbonyl (C=O) groups excluding carboxylic acids is 1. The van der Waals surface area contributed by atoms with Crippen LogP contribution in [0.5, 0.6) is 5.75 Å². The van der Waals surface area contributed by atoms with Crippen LogP contribution in [0.25, 0.3) is 0 Å². The summed E-state index contributed by atoms with van der Waals surface area (Å²) in [6, 6.07) is 4.40. The smallest absolute Gasteiger partial charge is 0.337 e. The molecule has 22 heavy (non-hydrogen) atoms. The van der Waals surface area contributed by atoms with Crippen LogP contribution in [0, 0.1) is 0 Å². The zero-order valence-corrected chi connectivity index (χ0v) is 14.7. The third kappa shape index (κ3) is 3.46. The first kappa shape index (κ1) is 16.9. The second-order valence-corrected chi connectivity index (χ2v) is 6.82. The lowest BCUT2D eigenvalue weighted by Gasteiger charge is -2.20. The molecule has 0 spiro atoms. The molecule has 7 nitrogen and oxygen atoms in total. The van der Waals surface area contributed by atoms with Crippen molar-refractivity contribution in [2.24, 2.45) is 0 Å². The van der Waals surface area contributed by atoms with Gasteiger partial charge in [0.2, 0.25) is 0 Å². The lowest BCUT2D eigenvalue weighted by Crippen LogP contribution is -2.20. The van der Waals surface area contributed by atoms with Crippen molar-refractivity contribution in [3.05, 3.63) is 33.1 Å². The highest BCUT2D eigenvalue weighted by molar-refractivity contribution is 9.11. The van der Waals surface area contributed by atoms with Gasteiger partial charge in [-0.05, 0) is 34.1 Å². The molecule has 1 N–H and O–H groups in total. The van der Waals surface area contributed by atoms with Crippen LogP contribution in [0.2, 0.25) is 0 Å². The standard InChI is InChI=1S/C12H11BrN2O5S2/c1-19-9-5-7(11(16)20-2)3-4-8(9)15(22(17)18)10-6-21-12(13)14-10/h3-6H,1-2H3,(H,17,18). The van der Waals surface area contributed by atoms with Gasteiger partial charge in [0.25, 0.3) is 11.3 Å². The van der Waals surface area contributed by atoms with Gasteiger partial charge in [0.1, 0.15) is 11.4 Å². The van der Waals surface area contributed by atoms with Gasteiger partial charge in [0.05, 0.1) is 19.8 Å². The van der Waals surface area contributed by atoms with Gasteiger partial charge >= 0.3 is 5.97 Å². The molecule has 0 aliphatic rings. The van der Waals surface area contributed by atoms with Gasteiger partial charge in [0, 0.05) is 5.38 Å². The van der Waals surface area contributed by atoms with E-state index in [1.807, 2.05) is 0 Å². The number of esters is 1. The first-order valence-electron chi connectivity index (χ1n) is 5.76. The fourth-order valence-corrected chi connectivity index (χ4v) is 3.32. The summed E-state index contributed by atoms with van der Waals surface area (Å²) in [5, 5.41) is 1.62. The molecular formula is C12H11BrN2O5S2. The normalized spacial score (nSPS) is 11.8. The maximum atomic E-state index is 11.7. The van der Waals surface area contributed by atoms with Gasteiger partial charge in [-0.25, -0.2) is 18.3 Å². The number of nitrogens with zero attached hydrogens (tertiary/aromatic N) is 2. The number of anilines is 2. The Morgan fingerprint density at radius 1 is 1.45 bits per heavy atom. The summed E-state index contributed by atoms with van der Waals surface area (Å²) in [4.78, 5) is 15.7. The monoisotopic (exact) mass is 406 g/mol. The molecule has 10 heteroatoms. The molecule has 118 valence electrons. The van der Waals surface area contributed by atoms with Gasteiger partial charge in [-0.3, -0.25) is 4.55 Å². The van der Waals surface area contributed by atoms with E-state index in [0.29, 0.717) is 9.60 Å². The molecule has 0 saturated carbocycles. The Bertz CT molecular complexity index is 721. The molecule has 0 amide bonds. The SMILES string of the molecule is COC(=O)c1ccc(N(c2csc(Br)n2)S(=O)O)c(OC)c1. The number of hydrogen-bond donors (Lipinski definition) is 1. The summed E-state index contributed by atoms with van der Waals surface area (Å²) in [6.07, 6.45) is 0. The molecule has 2 aromatic rings. The lowest BCUT2D eigenvalue weighted by atomic mass is 10.2. The zero-order chi connectivity index (χ0) is 16.3. The van der Waals surface area contributed by atoms with E-state index in [-0.39, 0.29) is 17.1 Å². The van der Waals surface area contributed by atoms with Crippen molar-refractivity contribution in [1.82, 2.24) is 4.98 Å². The third-order valence-electron chi connectivity index (χ3n) is 2.65. The Labute approximate surface area is 141 Å². The lowest BCUT2D eigenvalue weighted by molar-refractivity contribution is 0.0600. The molecule has 1 atom stereocenters. The number of aromatic nitrogens is 1. The van der Waals surface area contributed by atoms with Crippen LogP contribution in [0.15, 0.2) is 27.5 Å². The summed E-state index contributed by atoms with van der Waals surface area (Å²) in [6.45, 7) is 0. The molecule has 0 fully saturated rings. The number of ether oxygens (including phenoxy) is 2. The van der Waals surface area contributed by atoms with Gasteiger partial charge in [-0.15, -0.1) is 11.3 Å². The van der Waals surface area contributed by atoms with Crippen LogP contribution in [0.3, 0.4) is 0 Å². The molecule has 0 saturated heterocycles. The van der Waals surface area contributed by atoms with E-state index in [1.54, 1.807) is 5.38 Å². The number of carbonyl (C=O) groups is 1. The predicted molar refractivity (Wildman–Crippen MR) is 87.1 cm³/mol. The molecule has 1 aromatic carbocycles. The molecule has 1 aromatic heterocycles. The van der Waals surface area contributed by atoms with Crippen LogP contribution >= 0.6 is 27.3 Å². The molecule has 1 unspecified atom stereocenters. The van der Waals surface area contributed by atoms with Gasteiger partial charge in [-0.2, -0.15) is 0 Å². The zero-order valence-electron chi connectivity index (χ0n) is 11.5.